The molecule has 0 aromatic carbocycles. The second-order valence-corrected chi connectivity index (χ2v) is 4.49. The van der Waals surface area contributed by atoms with Crippen LogP contribution in [0.1, 0.15) is 51.9 Å². The molecule has 1 nitrogen and oxygen atoms in total. The van der Waals surface area contributed by atoms with E-state index in [2.05, 4.69) is 13.0 Å². The Morgan fingerprint density at radius 3 is 2.77 bits per heavy atom. The summed E-state index contributed by atoms with van der Waals surface area (Å²) in [6.07, 6.45) is 10.0. The molecule has 1 atom stereocenters. The number of Topliss-reactive ketones (excluding diaryl/α,β-unsaturated/α-hetero) is 1. The van der Waals surface area contributed by atoms with Crippen molar-refractivity contribution in [1.29, 1.82) is 0 Å². The second-order valence-electron chi connectivity index (χ2n) is 4.49. The Balaban J connectivity index is 2.27. The van der Waals surface area contributed by atoms with Crippen molar-refractivity contribution in [2.45, 2.75) is 51.9 Å². The predicted octanol–water partition coefficient (Wildman–Crippen LogP) is 3.25. The minimum atomic E-state index is -0.00347. The van der Waals surface area contributed by atoms with Crippen molar-refractivity contribution in [3.05, 3.63) is 11.6 Å². The molecular formula is C12H18O. The van der Waals surface area contributed by atoms with Gasteiger partial charge in [0, 0.05) is 11.8 Å². The fraction of sp³-hybridized carbons (Fsp3) is 0.750. The largest absolute Gasteiger partial charge is 0.299 e. The smallest absolute Gasteiger partial charge is 0.143 e. The lowest BCUT2D eigenvalue weighted by Crippen LogP contribution is -2.28. The molecule has 0 heterocycles. The van der Waals surface area contributed by atoms with E-state index in [1.54, 1.807) is 0 Å². The zero-order chi connectivity index (χ0) is 9.31. The molecule has 2 aliphatic rings. The molecule has 13 heavy (non-hydrogen) atoms. The molecule has 0 aliphatic heterocycles. The SMILES string of the molecule is CC1=CCCC12CCCCCC2=O. The molecule has 1 saturated carbocycles. The summed E-state index contributed by atoms with van der Waals surface area (Å²) in [6.45, 7) is 2.15. The van der Waals surface area contributed by atoms with Crippen LogP contribution in [-0.2, 0) is 4.79 Å². The van der Waals surface area contributed by atoms with Crippen LogP contribution in [0.25, 0.3) is 0 Å². The molecular weight excluding hydrogens is 160 g/mol. The standard InChI is InChI=1S/C12H18O/c1-10-6-5-9-12(10)8-4-2-3-7-11(12)13/h6H,2-5,7-9H2,1H3. The molecule has 2 aliphatic carbocycles. The molecule has 1 spiro atoms. The highest BCUT2D eigenvalue weighted by Crippen LogP contribution is 2.46. The average molecular weight is 178 g/mol. The highest BCUT2D eigenvalue weighted by molar-refractivity contribution is 5.88. The van der Waals surface area contributed by atoms with Crippen LogP contribution in [0, 0.1) is 5.41 Å². The van der Waals surface area contributed by atoms with Gasteiger partial charge in [-0.1, -0.05) is 24.5 Å². The zero-order valence-corrected chi connectivity index (χ0v) is 8.44. The Bertz CT molecular complexity index is 252. The van der Waals surface area contributed by atoms with Crippen LogP contribution in [0.4, 0.5) is 0 Å². The third-order valence-electron chi connectivity index (χ3n) is 3.82. The normalized spacial score (nSPS) is 34.8. The first-order chi connectivity index (χ1) is 6.26. The van der Waals surface area contributed by atoms with Gasteiger partial charge in [0.25, 0.3) is 0 Å². The van der Waals surface area contributed by atoms with Gasteiger partial charge in [-0.05, 0) is 32.6 Å². The van der Waals surface area contributed by atoms with E-state index in [1.165, 1.54) is 18.4 Å². The van der Waals surface area contributed by atoms with Gasteiger partial charge in [0.05, 0.1) is 0 Å². The fourth-order valence-electron chi connectivity index (χ4n) is 2.88. The van der Waals surface area contributed by atoms with Crippen LogP contribution in [-0.4, -0.2) is 5.78 Å². The van der Waals surface area contributed by atoms with Crippen LogP contribution in [0.15, 0.2) is 11.6 Å². The van der Waals surface area contributed by atoms with E-state index in [0.717, 1.165) is 32.1 Å². The highest BCUT2D eigenvalue weighted by atomic mass is 16.1. The summed E-state index contributed by atoms with van der Waals surface area (Å²) in [6, 6.07) is 0. The van der Waals surface area contributed by atoms with Crippen molar-refractivity contribution in [3.8, 4) is 0 Å². The average Bonchev–Trinajstić information content (AvgIpc) is 2.36. The number of carbonyl (C=O) groups excluding carboxylic acids is 1. The topological polar surface area (TPSA) is 17.1 Å². The van der Waals surface area contributed by atoms with Crippen molar-refractivity contribution < 1.29 is 4.79 Å². The van der Waals surface area contributed by atoms with Crippen LogP contribution in [0.3, 0.4) is 0 Å². The molecule has 1 heteroatoms. The number of rotatable bonds is 0. The van der Waals surface area contributed by atoms with E-state index in [-0.39, 0.29) is 5.41 Å². The second kappa shape index (κ2) is 3.28. The van der Waals surface area contributed by atoms with Crippen LogP contribution in [0.2, 0.25) is 0 Å². The number of ketones is 1. The summed E-state index contributed by atoms with van der Waals surface area (Å²) in [7, 11) is 0. The Hall–Kier alpha value is -0.590. The minimum absolute atomic E-state index is 0.00347. The number of hydrogen-bond acceptors (Lipinski definition) is 1. The zero-order valence-electron chi connectivity index (χ0n) is 8.44. The summed E-state index contributed by atoms with van der Waals surface area (Å²) in [5, 5.41) is 0. The van der Waals surface area contributed by atoms with Gasteiger partial charge in [-0.3, -0.25) is 4.79 Å². The van der Waals surface area contributed by atoms with Gasteiger partial charge >= 0.3 is 0 Å². The number of allylic oxidation sites excluding steroid dienone is 2. The molecule has 1 unspecified atom stereocenters. The molecule has 0 aromatic rings. The molecule has 0 N–H and O–H groups in total. The highest BCUT2D eigenvalue weighted by Gasteiger charge is 2.41. The molecule has 72 valence electrons. The maximum absolute atomic E-state index is 12.0. The Morgan fingerprint density at radius 1 is 1.23 bits per heavy atom. The van der Waals surface area contributed by atoms with Crippen molar-refractivity contribution in [2.75, 3.05) is 0 Å². The first kappa shape index (κ1) is 8.98. The van der Waals surface area contributed by atoms with Gasteiger partial charge in [0.2, 0.25) is 0 Å². The molecule has 0 amide bonds. The molecule has 0 bridgehead atoms. The third kappa shape index (κ3) is 1.34. The van der Waals surface area contributed by atoms with Crippen LogP contribution >= 0.6 is 0 Å². The van der Waals surface area contributed by atoms with E-state index in [1.807, 2.05) is 0 Å². The van der Waals surface area contributed by atoms with Gasteiger partial charge in [0.15, 0.2) is 0 Å². The molecule has 1 fully saturated rings. The van der Waals surface area contributed by atoms with Gasteiger partial charge in [0.1, 0.15) is 5.78 Å². The van der Waals surface area contributed by atoms with Crippen molar-refractivity contribution in [2.24, 2.45) is 5.41 Å². The van der Waals surface area contributed by atoms with Crippen LogP contribution < -0.4 is 0 Å². The van der Waals surface area contributed by atoms with E-state index in [4.69, 9.17) is 0 Å². The fourth-order valence-corrected chi connectivity index (χ4v) is 2.88. The summed E-state index contributed by atoms with van der Waals surface area (Å²) in [5.74, 6) is 0.524. The summed E-state index contributed by atoms with van der Waals surface area (Å²) >= 11 is 0. The summed E-state index contributed by atoms with van der Waals surface area (Å²) in [5.41, 5.74) is 1.36. The Labute approximate surface area is 80.2 Å². The molecule has 0 radical (unpaired) electrons. The Kier molecular flexibility index (Phi) is 2.27. The lowest BCUT2D eigenvalue weighted by Gasteiger charge is -2.27. The molecule has 0 saturated heterocycles. The van der Waals surface area contributed by atoms with E-state index in [9.17, 15) is 4.79 Å². The minimum Gasteiger partial charge on any atom is -0.299 e. The monoisotopic (exact) mass is 178 g/mol. The maximum atomic E-state index is 12.0. The first-order valence-electron chi connectivity index (χ1n) is 5.46. The van der Waals surface area contributed by atoms with E-state index in [0.29, 0.717) is 5.78 Å². The molecule has 2 rings (SSSR count). The van der Waals surface area contributed by atoms with Gasteiger partial charge in [-0.15, -0.1) is 0 Å². The van der Waals surface area contributed by atoms with Crippen molar-refractivity contribution in [3.63, 3.8) is 0 Å². The maximum Gasteiger partial charge on any atom is 0.143 e. The third-order valence-corrected chi connectivity index (χ3v) is 3.82. The quantitative estimate of drug-likeness (QED) is 0.520. The Morgan fingerprint density at radius 2 is 2.08 bits per heavy atom. The van der Waals surface area contributed by atoms with Crippen molar-refractivity contribution >= 4 is 5.78 Å². The summed E-state index contributed by atoms with van der Waals surface area (Å²) < 4.78 is 0. The first-order valence-corrected chi connectivity index (χ1v) is 5.46. The van der Waals surface area contributed by atoms with Gasteiger partial charge in [-0.2, -0.15) is 0 Å². The van der Waals surface area contributed by atoms with Gasteiger partial charge < -0.3 is 0 Å². The van der Waals surface area contributed by atoms with E-state index >= 15 is 0 Å². The molecule has 0 aromatic heterocycles. The van der Waals surface area contributed by atoms with Crippen LogP contribution in [0.5, 0.6) is 0 Å². The number of carbonyl (C=O) groups is 1. The van der Waals surface area contributed by atoms with E-state index < -0.39 is 0 Å². The predicted molar refractivity (Wildman–Crippen MR) is 53.5 cm³/mol. The van der Waals surface area contributed by atoms with Gasteiger partial charge in [-0.25, -0.2) is 0 Å². The lowest BCUT2D eigenvalue weighted by molar-refractivity contribution is -0.126. The number of hydrogen-bond donors (Lipinski definition) is 0. The van der Waals surface area contributed by atoms with Crippen molar-refractivity contribution in [1.82, 2.24) is 0 Å². The lowest BCUT2D eigenvalue weighted by atomic mass is 9.74. The summed E-state index contributed by atoms with van der Waals surface area (Å²) in [4.78, 5) is 12.0.